The zero-order valence-electron chi connectivity index (χ0n) is 15.7. The minimum atomic E-state index is -4.61. The predicted molar refractivity (Wildman–Crippen MR) is 104 cm³/mol. The first-order chi connectivity index (χ1) is 14.4. The second-order valence-corrected chi connectivity index (χ2v) is 6.78. The fourth-order valence-corrected chi connectivity index (χ4v) is 3.67. The molecule has 0 unspecified atom stereocenters. The van der Waals surface area contributed by atoms with Crippen LogP contribution in [-0.2, 0) is 6.18 Å². The minimum absolute atomic E-state index is 0.00236. The molecule has 30 heavy (non-hydrogen) atoms. The zero-order chi connectivity index (χ0) is 21.0. The molecule has 1 aromatic carbocycles. The standard InChI is InChI=1S/C21H14F4N4O/c1-2-30-20-27-15-8-9-17(21(23,24)25)28-19(15)29(20)16-5-3-4-14-18(16)12-10-11(22)6-7-13(12)26-14/h3-6,8-10H,2,7H2,1H3. The van der Waals surface area contributed by atoms with Crippen molar-refractivity contribution in [2.75, 3.05) is 6.61 Å². The van der Waals surface area contributed by atoms with E-state index in [9.17, 15) is 17.6 Å². The third kappa shape index (κ3) is 2.80. The maximum atomic E-state index is 14.0. The summed E-state index contributed by atoms with van der Waals surface area (Å²) in [6, 6.07) is 7.47. The molecule has 0 fully saturated rings. The molecule has 5 nitrogen and oxygen atoms in total. The quantitative estimate of drug-likeness (QED) is 0.527. The number of pyridine rings is 1. The summed E-state index contributed by atoms with van der Waals surface area (Å²) < 4.78 is 60.9. The lowest BCUT2D eigenvalue weighted by Gasteiger charge is -2.15. The number of fused-ring (bicyclic) bond motifs is 4. The fourth-order valence-electron chi connectivity index (χ4n) is 3.67. The summed E-state index contributed by atoms with van der Waals surface area (Å²) in [6.07, 6.45) is -1.45. The van der Waals surface area contributed by atoms with E-state index in [0.29, 0.717) is 34.6 Å². The van der Waals surface area contributed by atoms with Crippen LogP contribution in [-0.4, -0.2) is 26.9 Å². The van der Waals surface area contributed by atoms with Crippen molar-refractivity contribution in [2.24, 2.45) is 4.99 Å². The molecule has 9 heteroatoms. The van der Waals surface area contributed by atoms with Gasteiger partial charge < -0.3 is 4.74 Å². The van der Waals surface area contributed by atoms with Crippen LogP contribution in [0.2, 0.25) is 0 Å². The van der Waals surface area contributed by atoms with E-state index in [4.69, 9.17) is 4.74 Å². The van der Waals surface area contributed by atoms with Gasteiger partial charge in [-0.25, -0.2) is 13.9 Å². The van der Waals surface area contributed by atoms with Crippen LogP contribution in [0.4, 0.5) is 23.2 Å². The van der Waals surface area contributed by atoms with Gasteiger partial charge in [0.15, 0.2) is 5.65 Å². The van der Waals surface area contributed by atoms with Gasteiger partial charge in [-0.15, -0.1) is 0 Å². The van der Waals surface area contributed by atoms with E-state index in [0.717, 1.165) is 6.07 Å². The van der Waals surface area contributed by atoms with Crippen LogP contribution < -0.4 is 4.74 Å². The Labute approximate surface area is 168 Å². The molecule has 2 aliphatic rings. The minimum Gasteiger partial charge on any atom is -0.465 e. The summed E-state index contributed by atoms with van der Waals surface area (Å²) in [5.41, 5.74) is 2.21. The highest BCUT2D eigenvalue weighted by atomic mass is 19.4. The van der Waals surface area contributed by atoms with Gasteiger partial charge in [-0.2, -0.15) is 18.2 Å². The molecule has 152 valence electrons. The lowest BCUT2D eigenvalue weighted by Crippen LogP contribution is -2.10. The smallest absolute Gasteiger partial charge is 0.433 e. The molecule has 0 spiro atoms. The lowest BCUT2D eigenvalue weighted by molar-refractivity contribution is -0.141. The van der Waals surface area contributed by atoms with E-state index in [2.05, 4.69) is 15.0 Å². The maximum absolute atomic E-state index is 14.0. The fraction of sp³-hybridized carbons (Fsp3) is 0.190. The van der Waals surface area contributed by atoms with Crippen LogP contribution in [0.15, 0.2) is 53.3 Å². The number of halogens is 4. The Morgan fingerprint density at radius 2 is 1.97 bits per heavy atom. The van der Waals surface area contributed by atoms with E-state index < -0.39 is 11.9 Å². The average Bonchev–Trinajstić information content (AvgIpc) is 3.24. The monoisotopic (exact) mass is 414 g/mol. The van der Waals surface area contributed by atoms with Crippen molar-refractivity contribution in [1.29, 1.82) is 0 Å². The van der Waals surface area contributed by atoms with Gasteiger partial charge in [-0.1, -0.05) is 6.07 Å². The number of alkyl halides is 3. The molecule has 0 amide bonds. The van der Waals surface area contributed by atoms with Crippen molar-refractivity contribution in [1.82, 2.24) is 14.5 Å². The summed E-state index contributed by atoms with van der Waals surface area (Å²) in [5, 5.41) is 0. The Kier molecular flexibility index (Phi) is 4.02. The van der Waals surface area contributed by atoms with E-state index in [1.807, 2.05) is 0 Å². The van der Waals surface area contributed by atoms with Crippen molar-refractivity contribution in [3.8, 4) is 11.7 Å². The van der Waals surface area contributed by atoms with Crippen molar-refractivity contribution in [2.45, 2.75) is 19.5 Å². The first kappa shape index (κ1) is 18.5. The number of hydrogen-bond donors (Lipinski definition) is 0. The molecule has 0 saturated carbocycles. The first-order valence-electron chi connectivity index (χ1n) is 9.25. The third-order valence-electron chi connectivity index (χ3n) is 4.91. The lowest BCUT2D eigenvalue weighted by atomic mass is 9.95. The molecule has 2 aromatic heterocycles. The van der Waals surface area contributed by atoms with Gasteiger partial charge >= 0.3 is 12.2 Å². The Balaban J connectivity index is 1.80. The second kappa shape index (κ2) is 6.51. The van der Waals surface area contributed by atoms with E-state index in [1.165, 1.54) is 22.8 Å². The Hall–Kier alpha value is -3.49. The number of aliphatic imine (C=N–C) groups is 1. The van der Waals surface area contributed by atoms with Gasteiger partial charge in [-0.05, 0) is 43.3 Å². The van der Waals surface area contributed by atoms with Crippen molar-refractivity contribution < 1.29 is 22.3 Å². The highest BCUT2D eigenvalue weighted by molar-refractivity contribution is 6.31. The van der Waals surface area contributed by atoms with Crippen molar-refractivity contribution in [3.63, 3.8) is 0 Å². The summed E-state index contributed by atoms with van der Waals surface area (Å²) in [6.45, 7) is 2.00. The van der Waals surface area contributed by atoms with Gasteiger partial charge in [0.1, 0.15) is 17.0 Å². The summed E-state index contributed by atoms with van der Waals surface area (Å²) >= 11 is 0. The van der Waals surface area contributed by atoms with Crippen LogP contribution in [0.3, 0.4) is 0 Å². The van der Waals surface area contributed by atoms with Gasteiger partial charge in [0.25, 0.3) is 0 Å². The molecule has 0 N–H and O–H groups in total. The summed E-state index contributed by atoms with van der Waals surface area (Å²) in [7, 11) is 0. The van der Waals surface area contributed by atoms with Crippen molar-refractivity contribution in [3.05, 3.63) is 59.6 Å². The SMILES string of the molecule is CCOc1nc2ccc(C(F)(F)F)nc2n1-c1cccc2c1C1=CC(F)=CCC1=N2. The maximum Gasteiger partial charge on any atom is 0.433 e. The Morgan fingerprint density at radius 3 is 2.73 bits per heavy atom. The van der Waals surface area contributed by atoms with E-state index in [-0.39, 0.29) is 29.6 Å². The molecular weight excluding hydrogens is 400 g/mol. The number of imidazole rings is 1. The highest BCUT2D eigenvalue weighted by Gasteiger charge is 2.34. The second-order valence-electron chi connectivity index (χ2n) is 6.78. The molecule has 0 radical (unpaired) electrons. The van der Waals surface area contributed by atoms with Gasteiger partial charge in [0, 0.05) is 17.6 Å². The zero-order valence-corrected chi connectivity index (χ0v) is 15.7. The van der Waals surface area contributed by atoms with Crippen LogP contribution in [0.25, 0.3) is 22.4 Å². The number of ether oxygens (including phenoxy) is 1. The molecule has 1 aliphatic carbocycles. The number of hydrogen-bond acceptors (Lipinski definition) is 4. The number of benzene rings is 1. The Morgan fingerprint density at radius 1 is 1.13 bits per heavy atom. The summed E-state index contributed by atoms with van der Waals surface area (Å²) in [5.74, 6) is -0.385. The molecule has 0 bridgehead atoms. The van der Waals surface area contributed by atoms with E-state index in [1.54, 1.807) is 25.1 Å². The molecule has 5 rings (SSSR count). The molecule has 1 aliphatic heterocycles. The van der Waals surface area contributed by atoms with E-state index >= 15 is 0 Å². The molecule has 0 saturated heterocycles. The average molecular weight is 414 g/mol. The molecular formula is C21H14F4N4O. The van der Waals surface area contributed by atoms with Crippen molar-refractivity contribution >= 4 is 28.1 Å². The largest absolute Gasteiger partial charge is 0.465 e. The topological polar surface area (TPSA) is 52.3 Å². The molecule has 0 atom stereocenters. The van der Waals surface area contributed by atoms with Crippen LogP contribution in [0, 0.1) is 0 Å². The van der Waals surface area contributed by atoms with Gasteiger partial charge in [0.05, 0.1) is 23.7 Å². The highest BCUT2D eigenvalue weighted by Crippen LogP contribution is 2.44. The number of aromatic nitrogens is 3. The Bertz CT molecular complexity index is 1280. The van der Waals surface area contributed by atoms with Crippen LogP contribution >= 0.6 is 0 Å². The van der Waals surface area contributed by atoms with Gasteiger partial charge in [-0.3, -0.25) is 4.99 Å². The summed E-state index contributed by atoms with van der Waals surface area (Å²) in [4.78, 5) is 12.7. The first-order valence-corrected chi connectivity index (χ1v) is 9.25. The third-order valence-corrected chi connectivity index (χ3v) is 4.91. The number of nitrogens with zero attached hydrogens (tertiary/aromatic N) is 4. The van der Waals surface area contributed by atoms with Gasteiger partial charge in [0.2, 0.25) is 0 Å². The predicted octanol–water partition coefficient (Wildman–Crippen LogP) is 5.56. The van der Waals surface area contributed by atoms with Crippen LogP contribution in [0.5, 0.6) is 6.01 Å². The normalized spacial score (nSPS) is 15.4. The number of rotatable bonds is 3. The molecule has 3 heterocycles. The number of allylic oxidation sites excluding steroid dienone is 4. The molecule has 3 aromatic rings. The van der Waals surface area contributed by atoms with Crippen LogP contribution in [0.1, 0.15) is 24.6 Å².